The number of halogens is 1. The predicted molar refractivity (Wildman–Crippen MR) is 68.3 cm³/mol. The minimum Gasteiger partial charge on any atom is -0.410 e. The van der Waals surface area contributed by atoms with E-state index in [0.29, 0.717) is 16.1 Å². The first-order valence-corrected chi connectivity index (χ1v) is 5.53. The van der Waals surface area contributed by atoms with Crippen molar-refractivity contribution in [1.29, 1.82) is 0 Å². The molecule has 0 amide bonds. The van der Waals surface area contributed by atoms with Crippen molar-refractivity contribution in [3.63, 3.8) is 0 Å². The largest absolute Gasteiger partial charge is 0.410 e. The van der Waals surface area contributed by atoms with Crippen molar-refractivity contribution in [2.45, 2.75) is 0 Å². The van der Waals surface area contributed by atoms with Gasteiger partial charge in [0.15, 0.2) is 5.71 Å². The maximum absolute atomic E-state index is 12.2. The molecule has 0 atom stereocenters. The van der Waals surface area contributed by atoms with Crippen LogP contribution >= 0.6 is 11.6 Å². The quantitative estimate of drug-likeness (QED) is 0.399. The van der Waals surface area contributed by atoms with Crippen LogP contribution in [0.4, 0.5) is 0 Å². The van der Waals surface area contributed by atoms with E-state index in [0.717, 1.165) is 0 Å². The number of benzene rings is 1. The summed E-state index contributed by atoms with van der Waals surface area (Å²) < 4.78 is 0. The molecule has 18 heavy (non-hydrogen) atoms. The SMILES string of the molecule is O=C(C(=NO)c1ccncc1)c1cccc(Cl)c1. The molecule has 4 nitrogen and oxygen atoms in total. The molecule has 2 aromatic rings. The second-order valence-corrected chi connectivity index (χ2v) is 3.96. The number of hydrogen-bond acceptors (Lipinski definition) is 4. The van der Waals surface area contributed by atoms with E-state index in [4.69, 9.17) is 16.8 Å². The van der Waals surface area contributed by atoms with E-state index in [9.17, 15) is 4.79 Å². The van der Waals surface area contributed by atoms with E-state index in [1.807, 2.05) is 0 Å². The summed E-state index contributed by atoms with van der Waals surface area (Å²) in [6, 6.07) is 9.66. The van der Waals surface area contributed by atoms with Gasteiger partial charge in [0.25, 0.3) is 0 Å². The molecule has 0 aliphatic carbocycles. The predicted octanol–water partition coefficient (Wildman–Crippen LogP) is 2.80. The number of carbonyl (C=O) groups is 1. The molecular formula is C13H9ClN2O2. The van der Waals surface area contributed by atoms with E-state index in [1.54, 1.807) is 30.3 Å². The van der Waals surface area contributed by atoms with Gasteiger partial charge in [0.2, 0.25) is 5.78 Å². The molecule has 0 fully saturated rings. The van der Waals surface area contributed by atoms with E-state index >= 15 is 0 Å². The molecule has 90 valence electrons. The van der Waals surface area contributed by atoms with Gasteiger partial charge in [-0.2, -0.15) is 0 Å². The summed E-state index contributed by atoms with van der Waals surface area (Å²) in [4.78, 5) is 16.0. The van der Waals surface area contributed by atoms with Crippen LogP contribution in [0.15, 0.2) is 53.9 Å². The molecule has 0 aliphatic heterocycles. The second kappa shape index (κ2) is 5.42. The minimum absolute atomic E-state index is 0.0420. The van der Waals surface area contributed by atoms with Gasteiger partial charge in [-0.3, -0.25) is 9.78 Å². The second-order valence-electron chi connectivity index (χ2n) is 3.52. The highest BCUT2D eigenvalue weighted by Gasteiger charge is 2.17. The van der Waals surface area contributed by atoms with Gasteiger partial charge in [0.05, 0.1) is 0 Å². The smallest absolute Gasteiger partial charge is 0.215 e. The van der Waals surface area contributed by atoms with Crippen LogP contribution in [-0.4, -0.2) is 21.7 Å². The third-order valence-corrected chi connectivity index (χ3v) is 2.59. The van der Waals surface area contributed by atoms with E-state index in [1.165, 1.54) is 18.5 Å². The van der Waals surface area contributed by atoms with Crippen molar-refractivity contribution in [3.8, 4) is 0 Å². The Kier molecular flexibility index (Phi) is 3.69. The van der Waals surface area contributed by atoms with Crippen LogP contribution in [0.3, 0.4) is 0 Å². The molecule has 0 saturated carbocycles. The maximum atomic E-state index is 12.2. The topological polar surface area (TPSA) is 62.5 Å². The first-order valence-electron chi connectivity index (χ1n) is 5.15. The lowest BCUT2D eigenvalue weighted by atomic mass is 10.0. The molecule has 1 aromatic heterocycles. The van der Waals surface area contributed by atoms with Crippen LogP contribution in [0.1, 0.15) is 15.9 Å². The van der Waals surface area contributed by atoms with Crippen molar-refractivity contribution in [2.24, 2.45) is 5.16 Å². The number of pyridine rings is 1. The Hall–Kier alpha value is -2.20. The fourth-order valence-electron chi connectivity index (χ4n) is 1.51. The van der Waals surface area contributed by atoms with Crippen LogP contribution in [0.25, 0.3) is 0 Å². The van der Waals surface area contributed by atoms with Gasteiger partial charge >= 0.3 is 0 Å². The Morgan fingerprint density at radius 1 is 1.17 bits per heavy atom. The Morgan fingerprint density at radius 2 is 1.89 bits per heavy atom. The van der Waals surface area contributed by atoms with Crippen molar-refractivity contribution in [1.82, 2.24) is 4.98 Å². The zero-order valence-electron chi connectivity index (χ0n) is 9.25. The fourth-order valence-corrected chi connectivity index (χ4v) is 1.70. The summed E-state index contributed by atoms with van der Waals surface area (Å²) in [5.41, 5.74) is 0.823. The van der Waals surface area contributed by atoms with Gasteiger partial charge in [-0.25, -0.2) is 0 Å². The van der Waals surface area contributed by atoms with Crippen LogP contribution in [-0.2, 0) is 0 Å². The van der Waals surface area contributed by atoms with Crippen molar-refractivity contribution in [3.05, 3.63) is 64.9 Å². The highest BCUT2D eigenvalue weighted by molar-refractivity contribution is 6.51. The van der Waals surface area contributed by atoms with Gasteiger partial charge in [-0.05, 0) is 24.3 Å². The Balaban J connectivity index is 2.39. The lowest BCUT2D eigenvalue weighted by molar-refractivity contribution is 0.106. The zero-order valence-corrected chi connectivity index (χ0v) is 10.0. The van der Waals surface area contributed by atoms with Gasteiger partial charge < -0.3 is 5.21 Å². The summed E-state index contributed by atoms with van der Waals surface area (Å²) >= 11 is 5.82. The van der Waals surface area contributed by atoms with E-state index in [-0.39, 0.29) is 5.71 Å². The third-order valence-electron chi connectivity index (χ3n) is 2.36. The average Bonchev–Trinajstić information content (AvgIpc) is 2.41. The molecule has 1 N–H and O–H groups in total. The summed E-state index contributed by atoms with van der Waals surface area (Å²) in [6.45, 7) is 0. The molecule has 1 heterocycles. The van der Waals surface area contributed by atoms with Crippen molar-refractivity contribution >= 4 is 23.1 Å². The Labute approximate surface area is 109 Å². The molecule has 5 heteroatoms. The van der Waals surface area contributed by atoms with Gasteiger partial charge in [-0.1, -0.05) is 28.9 Å². The van der Waals surface area contributed by atoms with Gasteiger partial charge in [-0.15, -0.1) is 0 Å². The highest BCUT2D eigenvalue weighted by atomic mass is 35.5. The lowest BCUT2D eigenvalue weighted by Gasteiger charge is -2.03. The average molecular weight is 261 g/mol. The normalized spacial score (nSPS) is 11.3. The molecule has 0 saturated heterocycles. The number of carbonyl (C=O) groups excluding carboxylic acids is 1. The molecule has 0 bridgehead atoms. The van der Waals surface area contributed by atoms with Crippen molar-refractivity contribution in [2.75, 3.05) is 0 Å². The first kappa shape index (κ1) is 12.3. The molecule has 1 aromatic carbocycles. The molecule has 0 spiro atoms. The van der Waals surface area contributed by atoms with Crippen LogP contribution in [0, 0.1) is 0 Å². The number of hydrogen-bond donors (Lipinski definition) is 1. The number of Topliss-reactive ketones (excluding diaryl/α,β-unsaturated/α-hetero) is 1. The monoisotopic (exact) mass is 260 g/mol. The first-order chi connectivity index (χ1) is 8.72. The van der Waals surface area contributed by atoms with E-state index in [2.05, 4.69) is 10.1 Å². The number of oxime groups is 1. The molecule has 0 radical (unpaired) electrons. The summed E-state index contributed by atoms with van der Waals surface area (Å²) in [5, 5.41) is 12.5. The minimum atomic E-state index is -0.397. The van der Waals surface area contributed by atoms with Crippen molar-refractivity contribution < 1.29 is 10.0 Å². The van der Waals surface area contributed by atoms with Gasteiger partial charge in [0.1, 0.15) is 0 Å². The number of ketones is 1. The number of nitrogens with zero attached hydrogens (tertiary/aromatic N) is 2. The lowest BCUT2D eigenvalue weighted by Crippen LogP contribution is -2.16. The molecule has 0 aliphatic rings. The summed E-state index contributed by atoms with van der Waals surface area (Å²) in [6.07, 6.45) is 3.04. The fraction of sp³-hybridized carbons (Fsp3) is 0. The van der Waals surface area contributed by atoms with Gasteiger partial charge in [0, 0.05) is 28.5 Å². The molecular weight excluding hydrogens is 252 g/mol. The standard InChI is InChI=1S/C13H9ClN2O2/c14-11-3-1-2-10(8-11)13(17)12(16-18)9-4-6-15-7-5-9/h1-8,18H. The summed E-state index contributed by atoms with van der Waals surface area (Å²) in [5.74, 6) is -0.397. The Bertz CT molecular complexity index is 597. The van der Waals surface area contributed by atoms with E-state index < -0.39 is 5.78 Å². The molecule has 2 rings (SSSR count). The van der Waals surface area contributed by atoms with Crippen LogP contribution < -0.4 is 0 Å². The molecule has 0 unspecified atom stereocenters. The number of rotatable bonds is 3. The third kappa shape index (κ3) is 2.55. The maximum Gasteiger partial charge on any atom is 0.215 e. The number of aromatic nitrogens is 1. The summed E-state index contributed by atoms with van der Waals surface area (Å²) in [7, 11) is 0. The highest BCUT2D eigenvalue weighted by Crippen LogP contribution is 2.13. The zero-order chi connectivity index (χ0) is 13.0. The van der Waals surface area contributed by atoms with Crippen LogP contribution in [0.2, 0.25) is 5.02 Å². The Morgan fingerprint density at radius 3 is 2.50 bits per heavy atom. The van der Waals surface area contributed by atoms with Crippen LogP contribution in [0.5, 0.6) is 0 Å².